The molecule has 2 aromatic heterocycles. The fraction of sp³-hybridized carbons (Fsp3) is 0.280. The summed E-state index contributed by atoms with van der Waals surface area (Å²) >= 11 is 0. The maximum atomic E-state index is 12.9. The first kappa shape index (κ1) is 21.7. The number of anilines is 2. The van der Waals surface area contributed by atoms with E-state index in [4.69, 9.17) is 15.9 Å². The van der Waals surface area contributed by atoms with E-state index in [1.807, 2.05) is 49.4 Å². The summed E-state index contributed by atoms with van der Waals surface area (Å²) in [5, 5.41) is 8.05. The Bertz CT molecular complexity index is 1360. The summed E-state index contributed by atoms with van der Waals surface area (Å²) < 4.78 is 5.69. The van der Waals surface area contributed by atoms with E-state index >= 15 is 0 Å². The number of amides is 1. The summed E-state index contributed by atoms with van der Waals surface area (Å²) in [4.78, 5) is 26.6. The second-order valence-corrected chi connectivity index (χ2v) is 8.68. The van der Waals surface area contributed by atoms with Crippen LogP contribution in [-0.4, -0.2) is 33.9 Å². The lowest BCUT2D eigenvalue weighted by molar-refractivity contribution is 0.0998. The van der Waals surface area contributed by atoms with Crippen molar-refractivity contribution in [3.05, 3.63) is 59.9 Å². The van der Waals surface area contributed by atoms with Gasteiger partial charge in [0.15, 0.2) is 11.7 Å². The predicted octanol–water partition coefficient (Wildman–Crippen LogP) is 3.93. The first-order chi connectivity index (χ1) is 16.5. The number of aryl methyl sites for hydroxylation is 1. The molecule has 1 fully saturated rings. The molecular weight excluding hydrogens is 430 g/mol. The van der Waals surface area contributed by atoms with Gasteiger partial charge >= 0.3 is 0 Å². The first-order valence-electron chi connectivity index (χ1n) is 11.4. The van der Waals surface area contributed by atoms with E-state index in [0.29, 0.717) is 11.4 Å². The van der Waals surface area contributed by atoms with Crippen molar-refractivity contribution in [1.29, 1.82) is 0 Å². The molecule has 174 valence electrons. The van der Waals surface area contributed by atoms with Gasteiger partial charge in [-0.25, -0.2) is 9.98 Å². The molecule has 0 saturated heterocycles. The predicted molar refractivity (Wildman–Crippen MR) is 134 cm³/mol. The quantitative estimate of drug-likeness (QED) is 0.262. The fourth-order valence-corrected chi connectivity index (χ4v) is 4.47. The maximum Gasteiger partial charge on any atom is 0.293 e. The van der Waals surface area contributed by atoms with Crippen LogP contribution in [0.25, 0.3) is 21.9 Å². The smallest absolute Gasteiger partial charge is 0.293 e. The lowest BCUT2D eigenvalue weighted by atomic mass is 9.90. The lowest BCUT2D eigenvalue weighted by Crippen LogP contribution is -2.38. The van der Waals surface area contributed by atoms with Crippen LogP contribution in [0.3, 0.4) is 0 Å². The summed E-state index contributed by atoms with van der Waals surface area (Å²) in [5.74, 6) is 0.698. The van der Waals surface area contributed by atoms with Crippen LogP contribution < -0.4 is 22.1 Å². The summed E-state index contributed by atoms with van der Waals surface area (Å²) in [6.07, 6.45) is 3.96. The average molecular weight is 458 g/mol. The number of hydrogen-bond donors (Lipinski definition) is 4. The number of para-hydroxylation sites is 1. The molecule has 1 saturated carbocycles. The van der Waals surface area contributed by atoms with Gasteiger partial charge in [-0.2, -0.15) is 4.98 Å². The zero-order valence-electron chi connectivity index (χ0n) is 18.9. The van der Waals surface area contributed by atoms with Crippen LogP contribution >= 0.6 is 0 Å². The zero-order chi connectivity index (χ0) is 23.7. The van der Waals surface area contributed by atoms with Gasteiger partial charge in [0.2, 0.25) is 5.95 Å². The van der Waals surface area contributed by atoms with Crippen molar-refractivity contribution in [3.63, 3.8) is 0 Å². The number of aromatic nitrogens is 2. The highest BCUT2D eigenvalue weighted by molar-refractivity contribution is 6.04. The topological polar surface area (TPSA) is 144 Å². The third-order valence-corrected chi connectivity index (χ3v) is 6.09. The van der Waals surface area contributed by atoms with Crippen molar-refractivity contribution in [2.24, 2.45) is 16.5 Å². The van der Waals surface area contributed by atoms with Gasteiger partial charge in [0.1, 0.15) is 11.4 Å². The molecule has 6 N–H and O–H groups in total. The number of carbonyl (C=O) groups is 1. The molecule has 0 bridgehead atoms. The van der Waals surface area contributed by atoms with E-state index < -0.39 is 5.91 Å². The van der Waals surface area contributed by atoms with Gasteiger partial charge in [-0.05, 0) is 44.0 Å². The van der Waals surface area contributed by atoms with E-state index in [9.17, 15) is 4.79 Å². The number of nitrogens with two attached hydrogens (primary N) is 2. The van der Waals surface area contributed by atoms with Gasteiger partial charge in [0.25, 0.3) is 5.91 Å². The molecular formula is C25H27N7O2. The molecule has 1 aliphatic carbocycles. The highest BCUT2D eigenvalue weighted by Crippen LogP contribution is 2.29. The zero-order valence-corrected chi connectivity index (χ0v) is 18.9. The molecule has 2 heterocycles. The Labute approximate surface area is 196 Å². The normalized spacial score (nSPS) is 18.0. The van der Waals surface area contributed by atoms with E-state index in [2.05, 4.69) is 25.6 Å². The second-order valence-electron chi connectivity index (χ2n) is 8.68. The number of carbonyl (C=O) groups excluding carboxylic acids is 1. The van der Waals surface area contributed by atoms with E-state index in [1.54, 1.807) is 6.07 Å². The van der Waals surface area contributed by atoms with E-state index in [0.717, 1.165) is 47.5 Å². The maximum absolute atomic E-state index is 12.9. The number of hydrogen-bond acceptors (Lipinski definition) is 6. The summed E-state index contributed by atoms with van der Waals surface area (Å²) in [6, 6.07) is 15.1. The molecule has 0 aliphatic heterocycles. The van der Waals surface area contributed by atoms with E-state index in [-0.39, 0.29) is 29.8 Å². The summed E-state index contributed by atoms with van der Waals surface area (Å²) in [5.41, 5.74) is 13.8. The number of aliphatic imine (C=N–C) groups is 1. The highest BCUT2D eigenvalue weighted by Gasteiger charge is 2.26. The molecule has 1 amide bonds. The van der Waals surface area contributed by atoms with Crippen LogP contribution in [-0.2, 0) is 0 Å². The molecule has 0 spiro atoms. The number of rotatable bonds is 5. The summed E-state index contributed by atoms with van der Waals surface area (Å²) in [6.45, 7) is 2.02. The van der Waals surface area contributed by atoms with Gasteiger partial charge < -0.3 is 21.2 Å². The molecule has 0 radical (unpaired) electrons. The minimum atomic E-state index is -0.412. The van der Waals surface area contributed by atoms with Crippen LogP contribution in [0.4, 0.5) is 11.8 Å². The summed E-state index contributed by atoms with van der Waals surface area (Å²) in [7, 11) is 0. The fourth-order valence-electron chi connectivity index (χ4n) is 4.47. The molecule has 4 aromatic rings. The number of nitrogens with zero attached hydrogens (tertiary/aromatic N) is 3. The number of nitrogens with one attached hydrogen (secondary N) is 2. The first-order valence-corrected chi connectivity index (χ1v) is 11.4. The van der Waals surface area contributed by atoms with Crippen molar-refractivity contribution < 1.29 is 9.21 Å². The largest absolute Gasteiger partial charge is 0.451 e. The van der Waals surface area contributed by atoms with Gasteiger partial charge in [0, 0.05) is 10.8 Å². The molecule has 34 heavy (non-hydrogen) atoms. The Hall–Kier alpha value is -4.14. The third kappa shape index (κ3) is 4.50. The van der Waals surface area contributed by atoms with E-state index in [1.165, 1.54) is 0 Å². The molecule has 9 heteroatoms. The molecule has 0 unspecified atom stereocenters. The van der Waals surface area contributed by atoms with Crippen LogP contribution in [0, 0.1) is 6.92 Å². The van der Waals surface area contributed by atoms with Crippen molar-refractivity contribution in [2.75, 3.05) is 10.6 Å². The van der Waals surface area contributed by atoms with Gasteiger partial charge in [-0.1, -0.05) is 42.7 Å². The molecule has 1 aliphatic rings. The Kier molecular flexibility index (Phi) is 5.75. The van der Waals surface area contributed by atoms with Crippen molar-refractivity contribution in [3.8, 4) is 0 Å². The lowest BCUT2D eigenvalue weighted by Gasteiger charge is -2.30. The van der Waals surface area contributed by atoms with Crippen LogP contribution in [0.1, 0.15) is 41.8 Å². The number of fused-ring (bicyclic) bond motifs is 2. The minimum Gasteiger partial charge on any atom is -0.451 e. The monoisotopic (exact) mass is 457 g/mol. The molecule has 9 nitrogen and oxygen atoms in total. The standard InChI is InChI=1S/C25H27N7O2/c1-14-10-11-17-16(12-14)22(28-18-7-3-4-8-19(18)29-24(26)27)31-25(30-17)32-23(33)21-13-15-6-2-5-9-20(15)34-21/h2,5-6,9-13,18-19H,3-4,7-8H2,1H3,(H4,26,27,29)(H2,28,30,31,32,33)/t18-,19+/m0/s1. The number of benzene rings is 2. The Morgan fingerprint density at radius 3 is 2.74 bits per heavy atom. The Morgan fingerprint density at radius 2 is 1.91 bits per heavy atom. The van der Waals surface area contributed by atoms with Gasteiger partial charge in [-0.15, -0.1) is 0 Å². The second kappa shape index (κ2) is 9.01. The van der Waals surface area contributed by atoms with Gasteiger partial charge in [-0.3, -0.25) is 10.1 Å². The number of guanidine groups is 1. The van der Waals surface area contributed by atoms with Crippen molar-refractivity contribution in [1.82, 2.24) is 9.97 Å². The van der Waals surface area contributed by atoms with Crippen LogP contribution in [0.5, 0.6) is 0 Å². The molecule has 2 aromatic carbocycles. The van der Waals surface area contributed by atoms with Gasteiger partial charge in [0.05, 0.1) is 17.6 Å². The van der Waals surface area contributed by atoms with Crippen LogP contribution in [0.2, 0.25) is 0 Å². The van der Waals surface area contributed by atoms with Crippen LogP contribution in [0.15, 0.2) is 57.9 Å². The Balaban J connectivity index is 1.48. The SMILES string of the molecule is Cc1ccc2nc(NC(=O)c3cc4ccccc4o3)nc(N[C@H]3CCCC[C@H]3N=C(N)N)c2c1. The highest BCUT2D eigenvalue weighted by atomic mass is 16.3. The minimum absolute atomic E-state index is 0.0217. The third-order valence-electron chi connectivity index (χ3n) is 6.09. The average Bonchev–Trinajstić information content (AvgIpc) is 3.25. The van der Waals surface area contributed by atoms with Crippen molar-refractivity contribution >= 4 is 45.5 Å². The molecule has 2 atom stereocenters. The molecule has 5 rings (SSSR count). The Morgan fingerprint density at radius 1 is 1.09 bits per heavy atom. The van der Waals surface area contributed by atoms with Crippen molar-refractivity contribution in [2.45, 2.75) is 44.7 Å². The number of furan rings is 1.